The quantitative estimate of drug-likeness (QED) is 0.772. The normalized spacial score (nSPS) is 30.4. The average molecular weight is 233 g/mol. The molecule has 0 amide bonds. The first-order chi connectivity index (χ1) is 6.57. The van der Waals surface area contributed by atoms with E-state index in [1.54, 1.807) is 0 Å². The SMILES string of the molecule is O=S1(=O)CC(O)C(Nc2cccs2)C1. The summed E-state index contributed by atoms with van der Waals surface area (Å²) in [5, 5.41) is 15.3. The topological polar surface area (TPSA) is 66.4 Å². The third-order valence-corrected chi connectivity index (χ3v) is 4.69. The van der Waals surface area contributed by atoms with E-state index in [2.05, 4.69) is 5.32 Å². The molecule has 0 bridgehead atoms. The van der Waals surface area contributed by atoms with Crippen LogP contribution in [0.2, 0.25) is 0 Å². The minimum atomic E-state index is -3.06. The molecule has 2 rings (SSSR count). The Labute approximate surface area is 86.5 Å². The first-order valence-electron chi connectivity index (χ1n) is 4.25. The molecule has 14 heavy (non-hydrogen) atoms. The number of sulfone groups is 1. The van der Waals surface area contributed by atoms with Crippen molar-refractivity contribution in [1.29, 1.82) is 0 Å². The molecule has 2 heterocycles. The van der Waals surface area contributed by atoms with Crippen LogP contribution in [-0.4, -0.2) is 37.2 Å². The number of hydrogen-bond acceptors (Lipinski definition) is 5. The predicted octanol–water partition coefficient (Wildman–Crippen LogP) is 0.318. The summed E-state index contributed by atoms with van der Waals surface area (Å²) >= 11 is 1.49. The maximum Gasteiger partial charge on any atom is 0.155 e. The molecule has 1 fully saturated rings. The van der Waals surface area contributed by atoms with Gasteiger partial charge in [-0.25, -0.2) is 8.42 Å². The van der Waals surface area contributed by atoms with Gasteiger partial charge in [0.15, 0.2) is 9.84 Å². The van der Waals surface area contributed by atoms with Gasteiger partial charge in [-0.05, 0) is 17.5 Å². The van der Waals surface area contributed by atoms with Crippen molar-refractivity contribution < 1.29 is 13.5 Å². The van der Waals surface area contributed by atoms with Gasteiger partial charge in [-0.1, -0.05) is 0 Å². The monoisotopic (exact) mass is 233 g/mol. The summed E-state index contributed by atoms with van der Waals surface area (Å²) in [6.45, 7) is 0. The smallest absolute Gasteiger partial charge is 0.155 e. The molecule has 78 valence electrons. The van der Waals surface area contributed by atoms with Crippen LogP contribution in [0.15, 0.2) is 17.5 Å². The highest BCUT2D eigenvalue weighted by atomic mass is 32.2. The lowest BCUT2D eigenvalue weighted by Crippen LogP contribution is -2.31. The molecular weight excluding hydrogens is 222 g/mol. The van der Waals surface area contributed by atoms with Crippen molar-refractivity contribution in [2.45, 2.75) is 12.1 Å². The van der Waals surface area contributed by atoms with Gasteiger partial charge in [0.2, 0.25) is 0 Å². The van der Waals surface area contributed by atoms with E-state index in [9.17, 15) is 13.5 Å². The van der Waals surface area contributed by atoms with E-state index in [1.165, 1.54) is 11.3 Å². The molecule has 0 aliphatic carbocycles. The van der Waals surface area contributed by atoms with Gasteiger partial charge in [0, 0.05) is 0 Å². The first kappa shape index (κ1) is 9.95. The van der Waals surface area contributed by atoms with Gasteiger partial charge >= 0.3 is 0 Å². The standard InChI is InChI=1S/C8H11NO3S2/c10-7-5-14(11,12)4-6(7)9-8-2-1-3-13-8/h1-3,6-7,9-10H,4-5H2. The summed E-state index contributed by atoms with van der Waals surface area (Å²) in [5.41, 5.74) is 0. The van der Waals surface area contributed by atoms with Gasteiger partial charge in [0.25, 0.3) is 0 Å². The van der Waals surface area contributed by atoms with Crippen LogP contribution in [0.5, 0.6) is 0 Å². The molecular formula is C8H11NO3S2. The third-order valence-electron chi connectivity index (χ3n) is 2.17. The number of aliphatic hydroxyl groups excluding tert-OH is 1. The lowest BCUT2D eigenvalue weighted by molar-refractivity contribution is 0.190. The molecule has 1 aliphatic rings. The number of thiophene rings is 1. The Morgan fingerprint density at radius 3 is 2.79 bits per heavy atom. The molecule has 0 aromatic carbocycles. The first-order valence-corrected chi connectivity index (χ1v) is 6.95. The van der Waals surface area contributed by atoms with E-state index in [1.807, 2.05) is 17.5 Å². The fraction of sp³-hybridized carbons (Fsp3) is 0.500. The van der Waals surface area contributed by atoms with Crippen molar-refractivity contribution in [2.75, 3.05) is 16.8 Å². The summed E-state index contributed by atoms with van der Waals surface area (Å²) in [6, 6.07) is 3.38. The van der Waals surface area contributed by atoms with Gasteiger partial charge in [0.05, 0.1) is 28.7 Å². The number of anilines is 1. The van der Waals surface area contributed by atoms with Gasteiger partial charge in [-0.15, -0.1) is 11.3 Å². The van der Waals surface area contributed by atoms with Crippen LogP contribution in [-0.2, 0) is 9.84 Å². The van der Waals surface area contributed by atoms with Gasteiger partial charge < -0.3 is 10.4 Å². The number of nitrogens with one attached hydrogen (secondary N) is 1. The second kappa shape index (κ2) is 3.52. The van der Waals surface area contributed by atoms with Crippen molar-refractivity contribution in [2.24, 2.45) is 0 Å². The Morgan fingerprint density at radius 1 is 1.50 bits per heavy atom. The molecule has 2 N–H and O–H groups in total. The molecule has 0 spiro atoms. The molecule has 2 unspecified atom stereocenters. The highest BCUT2D eigenvalue weighted by Gasteiger charge is 2.36. The minimum absolute atomic E-state index is 0.0199. The van der Waals surface area contributed by atoms with Crippen LogP contribution in [0.4, 0.5) is 5.00 Å². The summed E-state index contributed by atoms with van der Waals surface area (Å²) in [4.78, 5) is 0. The molecule has 0 radical (unpaired) electrons. The minimum Gasteiger partial charge on any atom is -0.390 e. The Bertz CT molecular complexity index is 398. The average Bonchev–Trinajstić information content (AvgIpc) is 2.61. The van der Waals surface area contributed by atoms with E-state index in [0.717, 1.165) is 5.00 Å². The second-order valence-corrected chi connectivity index (χ2v) is 6.47. The zero-order chi connectivity index (χ0) is 10.2. The molecule has 4 nitrogen and oxygen atoms in total. The molecule has 1 aromatic rings. The summed E-state index contributed by atoms with van der Waals surface area (Å²) < 4.78 is 22.4. The van der Waals surface area contributed by atoms with Crippen LogP contribution >= 0.6 is 11.3 Å². The van der Waals surface area contributed by atoms with Crippen molar-refractivity contribution in [3.05, 3.63) is 17.5 Å². The lowest BCUT2D eigenvalue weighted by Gasteiger charge is -2.14. The number of hydrogen-bond donors (Lipinski definition) is 2. The lowest BCUT2D eigenvalue weighted by atomic mass is 10.2. The van der Waals surface area contributed by atoms with E-state index >= 15 is 0 Å². The maximum absolute atomic E-state index is 11.2. The predicted molar refractivity (Wildman–Crippen MR) is 56.4 cm³/mol. The Kier molecular flexibility index (Phi) is 2.50. The van der Waals surface area contributed by atoms with E-state index in [0.29, 0.717) is 0 Å². The molecule has 2 atom stereocenters. The number of aliphatic hydroxyl groups is 1. The van der Waals surface area contributed by atoms with Crippen molar-refractivity contribution >= 4 is 26.2 Å². The molecule has 0 saturated carbocycles. The van der Waals surface area contributed by atoms with Gasteiger partial charge in [0.1, 0.15) is 0 Å². The van der Waals surface area contributed by atoms with Crippen LogP contribution < -0.4 is 5.32 Å². The van der Waals surface area contributed by atoms with Crippen molar-refractivity contribution in [3.8, 4) is 0 Å². The maximum atomic E-state index is 11.2. The van der Waals surface area contributed by atoms with E-state index < -0.39 is 15.9 Å². The van der Waals surface area contributed by atoms with Crippen LogP contribution in [0.3, 0.4) is 0 Å². The fourth-order valence-corrected chi connectivity index (χ4v) is 3.93. The second-order valence-electron chi connectivity index (χ2n) is 3.37. The summed E-state index contributed by atoms with van der Waals surface area (Å²) in [6.07, 6.45) is -0.790. The largest absolute Gasteiger partial charge is 0.390 e. The molecule has 6 heteroatoms. The molecule has 1 aromatic heterocycles. The van der Waals surface area contributed by atoms with Crippen molar-refractivity contribution in [1.82, 2.24) is 0 Å². The molecule has 1 aliphatic heterocycles. The highest BCUT2D eigenvalue weighted by Crippen LogP contribution is 2.21. The van der Waals surface area contributed by atoms with E-state index in [-0.39, 0.29) is 17.5 Å². The highest BCUT2D eigenvalue weighted by molar-refractivity contribution is 7.91. The van der Waals surface area contributed by atoms with Crippen molar-refractivity contribution in [3.63, 3.8) is 0 Å². The number of rotatable bonds is 2. The Balaban J connectivity index is 2.07. The van der Waals surface area contributed by atoms with Crippen LogP contribution in [0.1, 0.15) is 0 Å². The zero-order valence-electron chi connectivity index (χ0n) is 7.38. The zero-order valence-corrected chi connectivity index (χ0v) is 9.01. The third kappa shape index (κ3) is 2.08. The van der Waals surface area contributed by atoms with Gasteiger partial charge in [-0.2, -0.15) is 0 Å². The van der Waals surface area contributed by atoms with Crippen LogP contribution in [0.25, 0.3) is 0 Å². The van der Waals surface area contributed by atoms with Crippen LogP contribution in [0, 0.1) is 0 Å². The summed E-state index contributed by atoms with van der Waals surface area (Å²) in [5.74, 6) is -0.109. The molecule has 1 saturated heterocycles. The van der Waals surface area contributed by atoms with E-state index in [4.69, 9.17) is 0 Å². The Morgan fingerprint density at radius 2 is 2.29 bits per heavy atom. The Hall–Kier alpha value is -0.590. The fourth-order valence-electron chi connectivity index (χ4n) is 1.51. The summed E-state index contributed by atoms with van der Waals surface area (Å²) in [7, 11) is -3.06. The van der Waals surface area contributed by atoms with Gasteiger partial charge in [-0.3, -0.25) is 0 Å².